The molecule has 0 heterocycles. The second-order valence-corrected chi connectivity index (χ2v) is 6.32. The molecule has 0 radical (unpaired) electrons. The highest BCUT2D eigenvalue weighted by Gasteiger charge is 2.08. The summed E-state index contributed by atoms with van der Waals surface area (Å²) < 4.78 is 11.6. The van der Waals surface area contributed by atoms with Crippen molar-refractivity contribution in [1.29, 1.82) is 5.26 Å². The molecule has 2 aromatic rings. The number of methoxy groups -OCH3 is 1. The van der Waals surface area contributed by atoms with Crippen LogP contribution >= 0.6 is 15.9 Å². The van der Waals surface area contributed by atoms with Gasteiger partial charge >= 0.3 is 0 Å². The third kappa shape index (κ3) is 6.36. The molecule has 1 amide bonds. The maximum atomic E-state index is 11.9. The number of amides is 1. The lowest BCUT2D eigenvalue weighted by Crippen LogP contribution is -2.27. The van der Waals surface area contributed by atoms with E-state index in [2.05, 4.69) is 21.2 Å². The monoisotopic (exact) mass is 414 g/mol. The van der Waals surface area contributed by atoms with Gasteiger partial charge in [-0.15, -0.1) is 0 Å². The van der Waals surface area contributed by atoms with Gasteiger partial charge in [0.2, 0.25) is 0 Å². The standard InChI is InChI=1S/C20H19BrN2O3/c1-25-11-10-23-20(24)17(13-22)12-15-4-8-19(9-5-15)26-14-16-2-6-18(21)7-3-16/h2-9,12H,10-11,14H2,1H3,(H,23,24)/b17-12-. The number of halogens is 1. The summed E-state index contributed by atoms with van der Waals surface area (Å²) in [4.78, 5) is 11.9. The molecular formula is C20H19BrN2O3. The fourth-order valence-corrected chi connectivity index (χ4v) is 2.35. The third-order valence-corrected chi connectivity index (χ3v) is 4.00. The predicted octanol–water partition coefficient (Wildman–Crippen LogP) is 3.70. The van der Waals surface area contributed by atoms with E-state index >= 15 is 0 Å². The smallest absolute Gasteiger partial charge is 0.262 e. The Labute approximate surface area is 161 Å². The lowest BCUT2D eigenvalue weighted by Gasteiger charge is -2.07. The molecule has 0 aliphatic heterocycles. The van der Waals surface area contributed by atoms with E-state index < -0.39 is 5.91 Å². The summed E-state index contributed by atoms with van der Waals surface area (Å²) in [5.74, 6) is 0.299. The molecule has 0 aliphatic rings. The van der Waals surface area contributed by atoms with E-state index in [0.717, 1.165) is 15.6 Å². The van der Waals surface area contributed by atoms with E-state index in [-0.39, 0.29) is 5.57 Å². The number of hydrogen-bond donors (Lipinski definition) is 1. The zero-order valence-electron chi connectivity index (χ0n) is 14.4. The van der Waals surface area contributed by atoms with Crippen LogP contribution in [-0.2, 0) is 16.1 Å². The summed E-state index contributed by atoms with van der Waals surface area (Å²) in [7, 11) is 1.55. The van der Waals surface area contributed by atoms with Gasteiger partial charge in [0, 0.05) is 18.1 Å². The summed E-state index contributed by atoms with van der Waals surface area (Å²) in [6.07, 6.45) is 1.54. The Morgan fingerprint density at radius 2 is 1.88 bits per heavy atom. The van der Waals surface area contributed by atoms with Crippen LogP contribution < -0.4 is 10.1 Å². The van der Waals surface area contributed by atoms with Crippen LogP contribution in [0.4, 0.5) is 0 Å². The molecule has 2 rings (SSSR count). The first-order valence-electron chi connectivity index (χ1n) is 7.98. The molecular weight excluding hydrogens is 396 g/mol. The topological polar surface area (TPSA) is 71.3 Å². The maximum Gasteiger partial charge on any atom is 0.262 e. The summed E-state index contributed by atoms with van der Waals surface area (Å²) in [6.45, 7) is 1.22. The van der Waals surface area contributed by atoms with Crippen molar-refractivity contribution in [2.45, 2.75) is 6.61 Å². The van der Waals surface area contributed by atoms with Crippen molar-refractivity contribution < 1.29 is 14.3 Å². The van der Waals surface area contributed by atoms with Crippen LogP contribution in [0, 0.1) is 11.3 Å². The van der Waals surface area contributed by atoms with Gasteiger partial charge < -0.3 is 14.8 Å². The summed E-state index contributed by atoms with van der Waals surface area (Å²) >= 11 is 3.40. The minimum absolute atomic E-state index is 0.0460. The summed E-state index contributed by atoms with van der Waals surface area (Å²) in [5.41, 5.74) is 1.86. The number of carbonyl (C=O) groups is 1. The zero-order valence-corrected chi connectivity index (χ0v) is 16.0. The number of nitriles is 1. The normalized spacial score (nSPS) is 10.9. The summed E-state index contributed by atoms with van der Waals surface area (Å²) in [6, 6.07) is 17.0. The Kier molecular flexibility index (Phi) is 7.87. The highest BCUT2D eigenvalue weighted by atomic mass is 79.9. The van der Waals surface area contributed by atoms with Crippen LogP contribution in [0.15, 0.2) is 58.6 Å². The van der Waals surface area contributed by atoms with Gasteiger partial charge in [-0.25, -0.2) is 0 Å². The van der Waals surface area contributed by atoms with Crippen LogP contribution in [0.25, 0.3) is 6.08 Å². The number of rotatable bonds is 8. The second-order valence-electron chi connectivity index (χ2n) is 5.40. The van der Waals surface area contributed by atoms with E-state index in [1.807, 2.05) is 42.5 Å². The molecule has 2 aromatic carbocycles. The van der Waals surface area contributed by atoms with Gasteiger partial charge in [-0.3, -0.25) is 4.79 Å². The molecule has 0 bridgehead atoms. The highest BCUT2D eigenvalue weighted by molar-refractivity contribution is 9.10. The fraction of sp³-hybridized carbons (Fsp3) is 0.200. The Morgan fingerprint density at radius 3 is 2.50 bits per heavy atom. The van der Waals surface area contributed by atoms with Gasteiger partial charge in [-0.1, -0.05) is 40.2 Å². The quantitative estimate of drug-likeness (QED) is 0.406. The summed E-state index contributed by atoms with van der Waals surface area (Å²) in [5, 5.41) is 11.8. The Morgan fingerprint density at radius 1 is 1.19 bits per heavy atom. The molecule has 0 unspecified atom stereocenters. The number of benzene rings is 2. The van der Waals surface area contributed by atoms with E-state index in [9.17, 15) is 4.79 Å². The first kappa shape index (κ1) is 19.7. The molecule has 0 aromatic heterocycles. The second kappa shape index (κ2) is 10.4. The Hall–Kier alpha value is -2.62. The average molecular weight is 415 g/mol. The molecule has 134 valence electrons. The number of carbonyl (C=O) groups excluding carboxylic acids is 1. The van der Waals surface area contributed by atoms with Crippen LogP contribution in [0.1, 0.15) is 11.1 Å². The van der Waals surface area contributed by atoms with Gasteiger partial charge in [-0.2, -0.15) is 5.26 Å². The van der Waals surface area contributed by atoms with Gasteiger partial charge in [0.1, 0.15) is 24.0 Å². The van der Waals surface area contributed by atoms with Crippen LogP contribution in [0.3, 0.4) is 0 Å². The van der Waals surface area contributed by atoms with Crippen molar-refractivity contribution in [3.05, 3.63) is 69.7 Å². The minimum Gasteiger partial charge on any atom is -0.489 e. The molecule has 6 heteroatoms. The number of ether oxygens (including phenoxy) is 2. The molecule has 0 atom stereocenters. The van der Waals surface area contributed by atoms with Crippen LogP contribution in [0.5, 0.6) is 5.75 Å². The molecule has 0 saturated carbocycles. The molecule has 5 nitrogen and oxygen atoms in total. The average Bonchev–Trinajstić information content (AvgIpc) is 2.66. The van der Waals surface area contributed by atoms with Crippen LogP contribution in [0.2, 0.25) is 0 Å². The predicted molar refractivity (Wildman–Crippen MR) is 103 cm³/mol. The zero-order chi connectivity index (χ0) is 18.8. The van der Waals surface area contributed by atoms with E-state index in [0.29, 0.717) is 25.5 Å². The van der Waals surface area contributed by atoms with Gasteiger partial charge in [0.05, 0.1) is 6.61 Å². The lowest BCUT2D eigenvalue weighted by atomic mass is 10.1. The SMILES string of the molecule is COCCNC(=O)/C(C#N)=C\c1ccc(OCc2ccc(Br)cc2)cc1. The van der Waals surface area contributed by atoms with Crippen molar-refractivity contribution in [1.82, 2.24) is 5.32 Å². The van der Waals surface area contributed by atoms with Gasteiger partial charge in [0.15, 0.2) is 0 Å². The first-order valence-corrected chi connectivity index (χ1v) is 8.78. The fourth-order valence-electron chi connectivity index (χ4n) is 2.08. The molecule has 1 N–H and O–H groups in total. The Bertz CT molecular complexity index is 793. The number of nitrogens with zero attached hydrogens (tertiary/aromatic N) is 1. The van der Waals surface area contributed by atoms with Crippen molar-refractivity contribution in [3.8, 4) is 11.8 Å². The minimum atomic E-state index is -0.417. The number of nitrogens with one attached hydrogen (secondary N) is 1. The molecule has 26 heavy (non-hydrogen) atoms. The largest absolute Gasteiger partial charge is 0.489 e. The molecule has 0 spiro atoms. The molecule has 0 fully saturated rings. The van der Waals surface area contributed by atoms with Crippen molar-refractivity contribution in [3.63, 3.8) is 0 Å². The Balaban J connectivity index is 1.95. The lowest BCUT2D eigenvalue weighted by molar-refractivity contribution is -0.117. The first-order chi connectivity index (χ1) is 12.6. The van der Waals surface area contributed by atoms with E-state index in [4.69, 9.17) is 14.7 Å². The molecule has 0 aliphatic carbocycles. The third-order valence-electron chi connectivity index (χ3n) is 3.47. The molecule has 0 saturated heterocycles. The van der Waals surface area contributed by atoms with Crippen molar-refractivity contribution in [2.24, 2.45) is 0 Å². The van der Waals surface area contributed by atoms with Crippen molar-refractivity contribution >= 4 is 27.9 Å². The van der Waals surface area contributed by atoms with Crippen LogP contribution in [-0.4, -0.2) is 26.2 Å². The van der Waals surface area contributed by atoms with E-state index in [1.54, 1.807) is 25.3 Å². The highest BCUT2D eigenvalue weighted by Crippen LogP contribution is 2.17. The van der Waals surface area contributed by atoms with Crippen molar-refractivity contribution in [2.75, 3.05) is 20.3 Å². The maximum absolute atomic E-state index is 11.9. The van der Waals surface area contributed by atoms with Gasteiger partial charge in [-0.05, 0) is 41.5 Å². The number of hydrogen-bond acceptors (Lipinski definition) is 4. The van der Waals surface area contributed by atoms with E-state index in [1.165, 1.54) is 0 Å². The van der Waals surface area contributed by atoms with Gasteiger partial charge in [0.25, 0.3) is 5.91 Å².